The first-order chi connectivity index (χ1) is 7.43. The monoisotopic (exact) mass is 218 g/mol. The van der Waals surface area contributed by atoms with E-state index in [1.807, 2.05) is 0 Å². The second-order valence-electron chi connectivity index (χ2n) is 3.61. The molecule has 90 valence electrons. The quantitative estimate of drug-likeness (QED) is 0.386. The highest BCUT2D eigenvalue weighted by Crippen LogP contribution is 2.07. The molecule has 0 unspecified atom stereocenters. The minimum Gasteiger partial charge on any atom is -0.379 e. The minimum atomic E-state index is 0.349. The fourth-order valence-corrected chi connectivity index (χ4v) is 1.07. The van der Waals surface area contributed by atoms with Crippen molar-refractivity contribution in [3.63, 3.8) is 0 Å². The second kappa shape index (κ2) is 9.09. The molecular weight excluding hydrogens is 196 g/mol. The van der Waals surface area contributed by atoms with Gasteiger partial charge in [-0.1, -0.05) is 13.3 Å². The molecule has 0 radical (unpaired) electrons. The van der Waals surface area contributed by atoms with E-state index in [0.717, 1.165) is 19.6 Å². The Bertz CT molecular complexity index is 137. The van der Waals surface area contributed by atoms with Gasteiger partial charge in [-0.15, -0.1) is 0 Å². The van der Waals surface area contributed by atoms with E-state index in [1.165, 1.54) is 6.42 Å². The first kappa shape index (κ1) is 12.9. The molecule has 1 saturated heterocycles. The summed E-state index contributed by atoms with van der Waals surface area (Å²) < 4.78 is 21.0. The summed E-state index contributed by atoms with van der Waals surface area (Å²) in [4.78, 5) is 0. The summed E-state index contributed by atoms with van der Waals surface area (Å²) in [6, 6.07) is 0. The highest BCUT2D eigenvalue weighted by atomic mass is 16.6. The van der Waals surface area contributed by atoms with Gasteiger partial charge in [-0.05, 0) is 6.42 Å². The van der Waals surface area contributed by atoms with Crippen LogP contribution in [0, 0.1) is 0 Å². The SMILES string of the molecule is CCCCOCCOCCOC[C@H]1CO1. The van der Waals surface area contributed by atoms with Crippen molar-refractivity contribution in [1.29, 1.82) is 0 Å². The molecule has 1 rings (SSSR count). The predicted octanol–water partition coefficient (Wildman–Crippen LogP) is 1.24. The molecule has 0 aliphatic carbocycles. The number of hydrogen-bond acceptors (Lipinski definition) is 4. The van der Waals surface area contributed by atoms with Gasteiger partial charge in [0.1, 0.15) is 6.10 Å². The smallest absolute Gasteiger partial charge is 0.104 e. The van der Waals surface area contributed by atoms with E-state index < -0.39 is 0 Å². The number of rotatable bonds is 11. The van der Waals surface area contributed by atoms with Crippen molar-refractivity contribution < 1.29 is 18.9 Å². The second-order valence-corrected chi connectivity index (χ2v) is 3.61. The molecule has 1 aliphatic heterocycles. The van der Waals surface area contributed by atoms with Crippen LogP contribution in [0.2, 0.25) is 0 Å². The zero-order valence-corrected chi connectivity index (χ0v) is 9.57. The molecule has 0 bridgehead atoms. The number of ether oxygens (including phenoxy) is 4. The van der Waals surface area contributed by atoms with Gasteiger partial charge in [0, 0.05) is 6.61 Å². The fraction of sp³-hybridized carbons (Fsp3) is 1.00. The Morgan fingerprint density at radius 2 is 1.60 bits per heavy atom. The molecule has 1 fully saturated rings. The lowest BCUT2D eigenvalue weighted by Gasteiger charge is -2.05. The summed E-state index contributed by atoms with van der Waals surface area (Å²) in [6.45, 7) is 7.19. The molecule has 0 aromatic carbocycles. The summed E-state index contributed by atoms with van der Waals surface area (Å²) in [5.41, 5.74) is 0. The fourth-order valence-electron chi connectivity index (χ4n) is 1.07. The third-order valence-corrected chi connectivity index (χ3v) is 2.09. The van der Waals surface area contributed by atoms with E-state index >= 15 is 0 Å². The average molecular weight is 218 g/mol. The van der Waals surface area contributed by atoms with Crippen LogP contribution in [0.5, 0.6) is 0 Å². The molecule has 4 heteroatoms. The van der Waals surface area contributed by atoms with Crippen LogP contribution in [0.25, 0.3) is 0 Å². The molecule has 0 aromatic heterocycles. The van der Waals surface area contributed by atoms with Gasteiger partial charge in [0.2, 0.25) is 0 Å². The predicted molar refractivity (Wildman–Crippen MR) is 57.1 cm³/mol. The molecule has 0 aromatic rings. The Kier molecular flexibility index (Phi) is 7.83. The van der Waals surface area contributed by atoms with Crippen molar-refractivity contribution in [1.82, 2.24) is 0 Å². The molecule has 0 amide bonds. The van der Waals surface area contributed by atoms with Crippen LogP contribution in [0.1, 0.15) is 19.8 Å². The van der Waals surface area contributed by atoms with Gasteiger partial charge in [-0.3, -0.25) is 0 Å². The first-order valence-electron chi connectivity index (χ1n) is 5.78. The molecule has 1 atom stereocenters. The van der Waals surface area contributed by atoms with Gasteiger partial charge in [0.05, 0.1) is 39.6 Å². The van der Waals surface area contributed by atoms with E-state index in [2.05, 4.69) is 6.92 Å². The molecule has 0 saturated carbocycles. The molecule has 0 spiro atoms. The van der Waals surface area contributed by atoms with Crippen LogP contribution in [0.4, 0.5) is 0 Å². The van der Waals surface area contributed by atoms with Gasteiger partial charge in [0.25, 0.3) is 0 Å². The Morgan fingerprint density at radius 1 is 1.00 bits per heavy atom. The number of hydrogen-bond donors (Lipinski definition) is 0. The average Bonchev–Trinajstić information content (AvgIpc) is 3.05. The highest BCUT2D eigenvalue weighted by molar-refractivity contribution is 4.66. The first-order valence-corrected chi connectivity index (χ1v) is 5.78. The van der Waals surface area contributed by atoms with E-state index in [4.69, 9.17) is 18.9 Å². The normalized spacial score (nSPS) is 19.4. The van der Waals surface area contributed by atoms with Gasteiger partial charge >= 0.3 is 0 Å². The summed E-state index contributed by atoms with van der Waals surface area (Å²) in [7, 11) is 0. The van der Waals surface area contributed by atoms with Gasteiger partial charge in [0.15, 0.2) is 0 Å². The standard InChI is InChI=1S/C11H22O4/c1-2-3-4-12-5-6-13-7-8-14-9-11-10-15-11/h11H,2-10H2,1H3/t11-/m0/s1. The van der Waals surface area contributed by atoms with Gasteiger partial charge in [-0.2, -0.15) is 0 Å². The van der Waals surface area contributed by atoms with Crippen LogP contribution in [-0.4, -0.2) is 52.4 Å². The van der Waals surface area contributed by atoms with Crippen molar-refractivity contribution in [2.45, 2.75) is 25.9 Å². The molecule has 0 N–H and O–H groups in total. The summed E-state index contributed by atoms with van der Waals surface area (Å²) >= 11 is 0. The van der Waals surface area contributed by atoms with Crippen LogP contribution < -0.4 is 0 Å². The van der Waals surface area contributed by atoms with Crippen LogP contribution in [-0.2, 0) is 18.9 Å². The molecular formula is C11H22O4. The van der Waals surface area contributed by atoms with E-state index in [-0.39, 0.29) is 0 Å². The highest BCUT2D eigenvalue weighted by Gasteiger charge is 2.21. The number of epoxide rings is 1. The lowest BCUT2D eigenvalue weighted by Crippen LogP contribution is -2.11. The van der Waals surface area contributed by atoms with Crippen LogP contribution >= 0.6 is 0 Å². The zero-order chi connectivity index (χ0) is 10.8. The summed E-state index contributed by atoms with van der Waals surface area (Å²) in [5, 5.41) is 0. The van der Waals surface area contributed by atoms with E-state index in [9.17, 15) is 0 Å². The van der Waals surface area contributed by atoms with Crippen molar-refractivity contribution in [3.8, 4) is 0 Å². The third kappa shape index (κ3) is 8.81. The minimum absolute atomic E-state index is 0.349. The maximum atomic E-state index is 5.34. The topological polar surface area (TPSA) is 40.2 Å². The molecule has 1 heterocycles. The van der Waals surface area contributed by atoms with Gasteiger partial charge < -0.3 is 18.9 Å². The largest absolute Gasteiger partial charge is 0.379 e. The summed E-state index contributed by atoms with van der Waals surface area (Å²) in [5.74, 6) is 0. The third-order valence-electron chi connectivity index (χ3n) is 2.09. The van der Waals surface area contributed by atoms with E-state index in [1.54, 1.807) is 0 Å². The maximum absolute atomic E-state index is 5.34. The summed E-state index contributed by atoms with van der Waals surface area (Å²) in [6.07, 6.45) is 2.66. The maximum Gasteiger partial charge on any atom is 0.104 e. The van der Waals surface area contributed by atoms with Crippen LogP contribution in [0.15, 0.2) is 0 Å². The van der Waals surface area contributed by atoms with Crippen LogP contribution in [0.3, 0.4) is 0 Å². The van der Waals surface area contributed by atoms with Crippen molar-refractivity contribution in [3.05, 3.63) is 0 Å². The molecule has 15 heavy (non-hydrogen) atoms. The lowest BCUT2D eigenvalue weighted by molar-refractivity contribution is 0.0114. The molecule has 1 aliphatic rings. The Balaban J connectivity index is 1.62. The van der Waals surface area contributed by atoms with Crippen molar-refractivity contribution >= 4 is 0 Å². The Morgan fingerprint density at radius 3 is 2.20 bits per heavy atom. The Labute approximate surface area is 91.8 Å². The lowest BCUT2D eigenvalue weighted by atomic mass is 10.4. The zero-order valence-electron chi connectivity index (χ0n) is 9.57. The number of unbranched alkanes of at least 4 members (excludes halogenated alkanes) is 1. The van der Waals surface area contributed by atoms with Crippen molar-refractivity contribution in [2.24, 2.45) is 0 Å². The van der Waals surface area contributed by atoms with Crippen molar-refractivity contribution in [2.75, 3.05) is 46.2 Å². The van der Waals surface area contributed by atoms with Gasteiger partial charge in [-0.25, -0.2) is 0 Å². The van der Waals surface area contributed by atoms with E-state index in [0.29, 0.717) is 39.1 Å². The molecule has 4 nitrogen and oxygen atoms in total. The Hall–Kier alpha value is -0.160.